The van der Waals surface area contributed by atoms with Crippen LogP contribution in [0.2, 0.25) is 0 Å². The van der Waals surface area contributed by atoms with Gasteiger partial charge in [0.05, 0.1) is 19.1 Å². The second-order valence-electron chi connectivity index (χ2n) is 3.77. The van der Waals surface area contributed by atoms with Crippen LogP contribution in [-0.2, 0) is 19.0 Å². The summed E-state index contributed by atoms with van der Waals surface area (Å²) in [4.78, 5) is 11.2. The van der Waals surface area contributed by atoms with E-state index < -0.39 is 0 Å². The van der Waals surface area contributed by atoms with E-state index in [2.05, 4.69) is 0 Å². The number of carbonyl (C=O) groups is 1. The second-order valence-corrected chi connectivity index (χ2v) is 3.77. The molecule has 0 unspecified atom stereocenters. The summed E-state index contributed by atoms with van der Waals surface area (Å²) >= 11 is 0. The van der Waals surface area contributed by atoms with Gasteiger partial charge in [-0.15, -0.1) is 0 Å². The number of hydrogen-bond donors (Lipinski definition) is 0. The van der Waals surface area contributed by atoms with Crippen molar-refractivity contribution in [1.29, 1.82) is 0 Å². The van der Waals surface area contributed by atoms with Crippen LogP contribution in [0.1, 0.15) is 32.6 Å². The summed E-state index contributed by atoms with van der Waals surface area (Å²) in [6, 6.07) is 0. The molecule has 0 aromatic rings. The molecule has 1 aliphatic rings. The van der Waals surface area contributed by atoms with Crippen LogP contribution in [0, 0.1) is 5.92 Å². The predicted molar refractivity (Wildman–Crippen MR) is 55.3 cm³/mol. The first-order chi connectivity index (χ1) is 7.27. The molecule has 0 N–H and O–H groups in total. The van der Waals surface area contributed by atoms with Crippen molar-refractivity contribution in [1.82, 2.24) is 0 Å². The van der Waals surface area contributed by atoms with Crippen LogP contribution in [-0.4, -0.2) is 32.6 Å². The van der Waals surface area contributed by atoms with Gasteiger partial charge in [0.2, 0.25) is 0 Å². The van der Waals surface area contributed by atoms with Gasteiger partial charge < -0.3 is 14.2 Å². The third-order valence-corrected chi connectivity index (χ3v) is 2.80. The molecule has 15 heavy (non-hydrogen) atoms. The standard InChI is InChI=1S/C11H20O4/c1-3-14-8-15-10-6-4-9(5-7-10)11(12)13-2/h9-10H,3-8H2,1-2H3. The maximum atomic E-state index is 11.2. The smallest absolute Gasteiger partial charge is 0.308 e. The van der Waals surface area contributed by atoms with Gasteiger partial charge in [-0.25, -0.2) is 0 Å². The number of rotatable bonds is 5. The first kappa shape index (κ1) is 12.5. The molecule has 4 nitrogen and oxygen atoms in total. The second kappa shape index (κ2) is 6.80. The fraction of sp³-hybridized carbons (Fsp3) is 0.909. The number of carbonyl (C=O) groups excluding carboxylic acids is 1. The summed E-state index contributed by atoms with van der Waals surface area (Å²) in [7, 11) is 1.44. The molecule has 0 aromatic heterocycles. The van der Waals surface area contributed by atoms with Crippen molar-refractivity contribution < 1.29 is 19.0 Å². The van der Waals surface area contributed by atoms with E-state index in [-0.39, 0.29) is 18.0 Å². The van der Waals surface area contributed by atoms with Gasteiger partial charge in [0, 0.05) is 6.61 Å². The highest BCUT2D eigenvalue weighted by atomic mass is 16.7. The van der Waals surface area contributed by atoms with Gasteiger partial charge in [-0.3, -0.25) is 4.79 Å². The minimum absolute atomic E-state index is 0.0712. The van der Waals surface area contributed by atoms with Crippen LogP contribution in [0.3, 0.4) is 0 Å². The van der Waals surface area contributed by atoms with Gasteiger partial charge in [-0.2, -0.15) is 0 Å². The molecule has 0 saturated heterocycles. The molecule has 0 heterocycles. The Bertz CT molecular complexity index is 185. The summed E-state index contributed by atoms with van der Waals surface area (Å²) in [6.07, 6.45) is 3.82. The molecule has 1 fully saturated rings. The highest BCUT2D eigenvalue weighted by molar-refractivity contribution is 5.72. The molecule has 0 bridgehead atoms. The third-order valence-electron chi connectivity index (χ3n) is 2.80. The number of esters is 1. The molecular weight excluding hydrogens is 196 g/mol. The lowest BCUT2D eigenvalue weighted by atomic mass is 9.87. The van der Waals surface area contributed by atoms with Crippen LogP contribution in [0.15, 0.2) is 0 Å². The lowest BCUT2D eigenvalue weighted by Gasteiger charge is -2.26. The predicted octanol–water partition coefficient (Wildman–Crippen LogP) is 1.73. The van der Waals surface area contributed by atoms with Crippen LogP contribution < -0.4 is 0 Å². The maximum absolute atomic E-state index is 11.2. The summed E-state index contributed by atoms with van der Waals surface area (Å²) in [5, 5.41) is 0. The molecule has 0 amide bonds. The molecule has 0 radical (unpaired) electrons. The van der Waals surface area contributed by atoms with E-state index in [1.807, 2.05) is 6.92 Å². The van der Waals surface area contributed by atoms with Crippen molar-refractivity contribution in [3.8, 4) is 0 Å². The minimum Gasteiger partial charge on any atom is -0.469 e. The summed E-state index contributed by atoms with van der Waals surface area (Å²) < 4.78 is 15.3. The van der Waals surface area contributed by atoms with E-state index in [1.54, 1.807) is 0 Å². The topological polar surface area (TPSA) is 44.8 Å². The Morgan fingerprint density at radius 1 is 1.27 bits per heavy atom. The zero-order valence-electron chi connectivity index (χ0n) is 9.53. The Hall–Kier alpha value is -0.610. The van der Waals surface area contributed by atoms with Crippen molar-refractivity contribution in [2.24, 2.45) is 5.92 Å². The number of methoxy groups -OCH3 is 1. The van der Waals surface area contributed by atoms with Crippen molar-refractivity contribution in [2.75, 3.05) is 20.5 Å². The summed E-state index contributed by atoms with van der Waals surface area (Å²) in [5.41, 5.74) is 0. The van der Waals surface area contributed by atoms with Gasteiger partial charge >= 0.3 is 5.97 Å². The normalized spacial score (nSPS) is 26.3. The molecule has 1 aliphatic carbocycles. The van der Waals surface area contributed by atoms with Crippen molar-refractivity contribution >= 4 is 5.97 Å². The lowest BCUT2D eigenvalue weighted by molar-refractivity contribution is -0.149. The van der Waals surface area contributed by atoms with Crippen LogP contribution >= 0.6 is 0 Å². The molecular formula is C11H20O4. The van der Waals surface area contributed by atoms with E-state index in [0.29, 0.717) is 13.4 Å². The molecule has 88 valence electrons. The van der Waals surface area contributed by atoms with Gasteiger partial charge in [0.15, 0.2) is 0 Å². The first-order valence-electron chi connectivity index (χ1n) is 5.55. The third kappa shape index (κ3) is 4.18. The van der Waals surface area contributed by atoms with E-state index in [9.17, 15) is 4.79 Å². The highest BCUT2D eigenvalue weighted by Crippen LogP contribution is 2.26. The zero-order chi connectivity index (χ0) is 11.1. The van der Waals surface area contributed by atoms with Crippen molar-refractivity contribution in [3.05, 3.63) is 0 Å². The minimum atomic E-state index is -0.0849. The van der Waals surface area contributed by atoms with E-state index in [1.165, 1.54) is 7.11 Å². The Kier molecular flexibility index (Phi) is 5.65. The van der Waals surface area contributed by atoms with Crippen LogP contribution in [0.25, 0.3) is 0 Å². The summed E-state index contributed by atoms with van der Waals surface area (Å²) in [6.45, 7) is 2.99. The van der Waals surface area contributed by atoms with Crippen LogP contribution in [0.5, 0.6) is 0 Å². The Morgan fingerprint density at radius 3 is 2.47 bits per heavy atom. The van der Waals surface area contributed by atoms with E-state index >= 15 is 0 Å². The van der Waals surface area contributed by atoms with Crippen molar-refractivity contribution in [3.63, 3.8) is 0 Å². The lowest BCUT2D eigenvalue weighted by Crippen LogP contribution is -2.27. The zero-order valence-corrected chi connectivity index (χ0v) is 9.53. The Morgan fingerprint density at radius 2 is 1.93 bits per heavy atom. The quantitative estimate of drug-likeness (QED) is 0.399. The van der Waals surface area contributed by atoms with E-state index in [0.717, 1.165) is 25.7 Å². The molecule has 0 spiro atoms. The van der Waals surface area contributed by atoms with Crippen LogP contribution in [0.4, 0.5) is 0 Å². The molecule has 0 atom stereocenters. The summed E-state index contributed by atoms with van der Waals surface area (Å²) in [5.74, 6) is -0.0137. The highest BCUT2D eigenvalue weighted by Gasteiger charge is 2.27. The SMILES string of the molecule is CCOCOC1CCC(C(=O)OC)CC1. The van der Waals surface area contributed by atoms with Crippen molar-refractivity contribution in [2.45, 2.75) is 38.7 Å². The van der Waals surface area contributed by atoms with E-state index in [4.69, 9.17) is 14.2 Å². The van der Waals surface area contributed by atoms with Gasteiger partial charge in [0.1, 0.15) is 6.79 Å². The fourth-order valence-electron chi connectivity index (χ4n) is 1.86. The fourth-order valence-corrected chi connectivity index (χ4v) is 1.86. The maximum Gasteiger partial charge on any atom is 0.308 e. The average molecular weight is 216 g/mol. The molecule has 4 heteroatoms. The Labute approximate surface area is 90.9 Å². The largest absolute Gasteiger partial charge is 0.469 e. The molecule has 0 aromatic carbocycles. The first-order valence-corrected chi connectivity index (χ1v) is 5.55. The van der Waals surface area contributed by atoms with Gasteiger partial charge in [-0.05, 0) is 32.6 Å². The average Bonchev–Trinajstić information content (AvgIpc) is 2.29. The number of hydrogen-bond acceptors (Lipinski definition) is 4. The monoisotopic (exact) mass is 216 g/mol. The van der Waals surface area contributed by atoms with Gasteiger partial charge in [0.25, 0.3) is 0 Å². The number of ether oxygens (including phenoxy) is 3. The Balaban J connectivity index is 2.15. The molecule has 1 saturated carbocycles. The molecule has 1 rings (SSSR count). The van der Waals surface area contributed by atoms with Gasteiger partial charge in [-0.1, -0.05) is 0 Å². The molecule has 0 aliphatic heterocycles.